The molecule has 0 unspecified atom stereocenters. The Morgan fingerprint density at radius 2 is 0.410 bits per heavy atom. The molecule has 0 aliphatic carbocycles. The molecule has 8 nitrogen and oxygen atoms in total. The third kappa shape index (κ3) is 8.10. The van der Waals surface area contributed by atoms with Gasteiger partial charge in [-0.15, -0.1) is 0 Å². The SMILES string of the molecule is OB(O)c1ccc(-c2ccccc2[Si](c2ccccc2-c2ccc(B(O)O)cc2)(c2ccccc2-c2ccc(B(O)O)cc2)c2ccccc2-c2ccc(B(O)O)cc2)cc1. The number of rotatable bonds is 12. The van der Waals surface area contributed by atoms with E-state index in [1.807, 2.05) is 97.1 Å². The lowest BCUT2D eigenvalue weighted by Gasteiger charge is -2.40. The zero-order chi connectivity index (χ0) is 42.7. The van der Waals surface area contributed by atoms with Crippen molar-refractivity contribution in [3.8, 4) is 44.5 Å². The predicted molar refractivity (Wildman–Crippen MR) is 251 cm³/mol. The van der Waals surface area contributed by atoms with Crippen LogP contribution in [0.15, 0.2) is 194 Å². The Morgan fingerprint density at radius 3 is 0.590 bits per heavy atom. The van der Waals surface area contributed by atoms with Gasteiger partial charge < -0.3 is 40.2 Å². The first-order valence-corrected chi connectivity index (χ1v) is 21.8. The molecule has 0 radical (unpaired) electrons. The number of hydrogen-bond donors (Lipinski definition) is 8. The summed E-state index contributed by atoms with van der Waals surface area (Å²) in [6, 6.07) is 62.0. The molecule has 0 saturated heterocycles. The molecule has 0 heterocycles. The molecule has 0 atom stereocenters. The summed E-state index contributed by atoms with van der Waals surface area (Å²) in [5, 5.41) is 84.5. The van der Waals surface area contributed by atoms with Crippen LogP contribution in [0.3, 0.4) is 0 Å². The van der Waals surface area contributed by atoms with E-state index in [1.165, 1.54) is 0 Å². The minimum absolute atomic E-state index is 0.357. The van der Waals surface area contributed by atoms with Gasteiger partial charge in [0, 0.05) is 0 Å². The first kappa shape index (κ1) is 41.6. The molecule has 8 N–H and O–H groups in total. The molecular weight excluding hydrogens is 776 g/mol. The summed E-state index contributed by atoms with van der Waals surface area (Å²) in [6.07, 6.45) is 0. The summed E-state index contributed by atoms with van der Waals surface area (Å²) >= 11 is 0. The fraction of sp³-hybridized carbons (Fsp3) is 0. The van der Waals surface area contributed by atoms with Crippen LogP contribution >= 0.6 is 0 Å². The van der Waals surface area contributed by atoms with Gasteiger partial charge in [0.25, 0.3) is 0 Å². The van der Waals surface area contributed by atoms with Gasteiger partial charge in [-0.25, -0.2) is 0 Å². The van der Waals surface area contributed by atoms with Crippen molar-refractivity contribution in [2.24, 2.45) is 0 Å². The first-order valence-electron chi connectivity index (χ1n) is 19.8. The van der Waals surface area contributed by atoms with Gasteiger partial charge in [0.05, 0.1) is 0 Å². The molecule has 296 valence electrons. The van der Waals surface area contributed by atoms with Gasteiger partial charge in [-0.2, -0.15) is 0 Å². The van der Waals surface area contributed by atoms with Crippen LogP contribution in [0, 0.1) is 0 Å². The molecule has 0 spiro atoms. The Balaban J connectivity index is 1.57. The summed E-state index contributed by atoms with van der Waals surface area (Å²) in [6.45, 7) is 0. The largest absolute Gasteiger partial charge is 0.488 e. The van der Waals surface area contributed by atoms with Gasteiger partial charge in [-0.1, -0.05) is 194 Å². The average molecular weight is 816 g/mol. The fourth-order valence-corrected chi connectivity index (χ4v) is 14.1. The maximum absolute atomic E-state index is 10.1. The number of benzene rings is 8. The maximum atomic E-state index is 10.1. The van der Waals surface area contributed by atoms with Gasteiger partial charge in [0.1, 0.15) is 0 Å². The van der Waals surface area contributed by atoms with E-state index in [4.69, 9.17) is 0 Å². The summed E-state index contributed by atoms with van der Waals surface area (Å²) in [5.74, 6) is 0. The predicted octanol–water partition coefficient (Wildman–Crippen LogP) is 0.451. The maximum Gasteiger partial charge on any atom is 0.488 e. The lowest BCUT2D eigenvalue weighted by Crippen LogP contribution is -2.76. The van der Waals surface area contributed by atoms with Gasteiger partial charge in [0.2, 0.25) is 0 Å². The zero-order valence-electron chi connectivity index (χ0n) is 32.9. The quantitative estimate of drug-likeness (QED) is 0.0653. The molecule has 8 aromatic carbocycles. The molecule has 0 aliphatic heterocycles. The smallest absolute Gasteiger partial charge is 0.423 e. The third-order valence-corrected chi connectivity index (χ3v) is 16.4. The summed E-state index contributed by atoms with van der Waals surface area (Å²) in [4.78, 5) is 0. The van der Waals surface area contributed by atoms with Crippen molar-refractivity contribution in [1.82, 2.24) is 0 Å². The summed E-state index contributed by atoms with van der Waals surface area (Å²) in [7, 11) is -10.3. The van der Waals surface area contributed by atoms with Crippen molar-refractivity contribution in [2.45, 2.75) is 0 Å². The van der Waals surface area contributed by atoms with Crippen LogP contribution in [0.25, 0.3) is 44.5 Å². The van der Waals surface area contributed by atoms with E-state index < -0.39 is 36.5 Å². The van der Waals surface area contributed by atoms with Crippen molar-refractivity contribution in [2.75, 3.05) is 0 Å². The molecule has 8 aromatic rings. The highest BCUT2D eigenvalue weighted by Crippen LogP contribution is 2.31. The molecule has 0 aliphatic rings. The Labute approximate surface area is 356 Å². The minimum Gasteiger partial charge on any atom is -0.423 e. The van der Waals surface area contributed by atoms with E-state index in [-0.39, 0.29) is 0 Å². The van der Waals surface area contributed by atoms with Crippen molar-refractivity contribution in [3.05, 3.63) is 194 Å². The lowest BCUT2D eigenvalue weighted by molar-refractivity contribution is 0.424. The van der Waals surface area contributed by atoms with E-state index in [1.54, 1.807) is 48.5 Å². The Hall–Kier alpha value is -6.08. The molecular formula is C48H40B4O8Si. The van der Waals surface area contributed by atoms with Crippen LogP contribution in [0.5, 0.6) is 0 Å². The average Bonchev–Trinajstić information content (AvgIpc) is 3.30. The minimum atomic E-state index is -3.75. The highest BCUT2D eigenvalue weighted by atomic mass is 28.3. The van der Waals surface area contributed by atoms with Crippen LogP contribution in [0.4, 0.5) is 0 Å². The zero-order valence-corrected chi connectivity index (χ0v) is 33.9. The van der Waals surface area contributed by atoms with Crippen LogP contribution in [0.2, 0.25) is 0 Å². The molecule has 0 bridgehead atoms. The second kappa shape index (κ2) is 17.9. The van der Waals surface area contributed by atoms with Crippen molar-refractivity contribution < 1.29 is 40.2 Å². The highest BCUT2D eigenvalue weighted by Gasteiger charge is 2.47. The summed E-state index contributed by atoms with van der Waals surface area (Å²) in [5.41, 5.74) is 8.53. The van der Waals surface area contributed by atoms with Crippen molar-refractivity contribution in [1.29, 1.82) is 0 Å². The van der Waals surface area contributed by atoms with E-state index >= 15 is 0 Å². The van der Waals surface area contributed by atoms with Gasteiger partial charge in [0.15, 0.2) is 8.07 Å². The van der Waals surface area contributed by atoms with Gasteiger partial charge >= 0.3 is 28.5 Å². The fourth-order valence-electron chi connectivity index (χ4n) is 8.46. The van der Waals surface area contributed by atoms with Crippen LogP contribution in [-0.2, 0) is 0 Å². The van der Waals surface area contributed by atoms with Gasteiger partial charge in [-0.05, 0) is 87.1 Å². The first-order chi connectivity index (χ1) is 29.6. The van der Waals surface area contributed by atoms with E-state index in [9.17, 15) is 40.2 Å². The normalized spacial score (nSPS) is 11.3. The van der Waals surface area contributed by atoms with Crippen LogP contribution in [-0.4, -0.2) is 76.7 Å². The molecule has 13 heteroatoms. The van der Waals surface area contributed by atoms with E-state index in [0.29, 0.717) is 21.9 Å². The second-order valence-corrected chi connectivity index (χ2v) is 18.6. The highest BCUT2D eigenvalue weighted by molar-refractivity contribution is 7.22. The monoisotopic (exact) mass is 816 g/mol. The molecule has 8 rings (SSSR count). The van der Waals surface area contributed by atoms with E-state index in [0.717, 1.165) is 65.3 Å². The Kier molecular flexibility index (Phi) is 12.2. The van der Waals surface area contributed by atoms with Crippen LogP contribution < -0.4 is 42.6 Å². The lowest BCUT2D eigenvalue weighted by atomic mass is 9.80. The standard InChI is InChI=1S/C48H40B4O8Si/c53-49(54)37-25-17-33(18-26-37)41-9-1-5-13-45(41)61(46-14-6-2-10-42(46)34-19-27-38(28-20-34)50(55)56,47-15-7-3-11-43(47)35-21-29-39(30-22-35)51(57)58)48-16-8-4-12-44(48)36-23-31-40(32-24-36)52(59)60/h1-32,53-60H. The summed E-state index contributed by atoms with van der Waals surface area (Å²) < 4.78 is 0. The molecule has 0 amide bonds. The van der Waals surface area contributed by atoms with Crippen molar-refractivity contribution >= 4 is 79.1 Å². The third-order valence-electron chi connectivity index (χ3n) is 11.4. The number of hydrogen-bond acceptors (Lipinski definition) is 8. The van der Waals surface area contributed by atoms with E-state index in [2.05, 4.69) is 48.5 Å². The molecule has 61 heavy (non-hydrogen) atoms. The van der Waals surface area contributed by atoms with Gasteiger partial charge in [-0.3, -0.25) is 0 Å². The van der Waals surface area contributed by atoms with Crippen LogP contribution in [0.1, 0.15) is 0 Å². The Morgan fingerprint density at radius 1 is 0.230 bits per heavy atom. The Bertz CT molecular complexity index is 2380. The topological polar surface area (TPSA) is 162 Å². The molecule has 0 fully saturated rings. The second-order valence-electron chi connectivity index (χ2n) is 14.9. The molecule has 0 saturated carbocycles. The van der Waals surface area contributed by atoms with Crippen molar-refractivity contribution in [3.63, 3.8) is 0 Å². The molecule has 0 aromatic heterocycles.